The van der Waals surface area contributed by atoms with E-state index in [0.29, 0.717) is 17.5 Å². The molecular weight excluding hydrogens is 302 g/mol. The summed E-state index contributed by atoms with van der Waals surface area (Å²) in [4.78, 5) is 12.9. The third-order valence-electron chi connectivity index (χ3n) is 3.51. The predicted octanol–water partition coefficient (Wildman–Crippen LogP) is 3.54. The second-order valence-corrected chi connectivity index (χ2v) is 5.41. The van der Waals surface area contributed by atoms with Crippen molar-refractivity contribution in [3.8, 4) is 0 Å². The smallest absolute Gasteiger partial charge is 0.153 e. The van der Waals surface area contributed by atoms with Crippen LogP contribution in [0, 0.1) is 6.92 Å². The average Bonchev–Trinajstić information content (AvgIpc) is 3.00. The quantitative estimate of drug-likeness (QED) is 0.533. The van der Waals surface area contributed by atoms with Crippen LogP contribution in [0.1, 0.15) is 5.69 Å². The molecule has 4 aromatic rings. The predicted molar refractivity (Wildman–Crippen MR) is 93.7 cm³/mol. The molecule has 0 spiro atoms. The van der Waals surface area contributed by atoms with Crippen LogP contribution in [-0.2, 0) is 0 Å². The molecule has 3 N–H and O–H groups in total. The Bertz CT molecular complexity index is 993. The van der Waals surface area contributed by atoms with E-state index in [9.17, 15) is 0 Å². The van der Waals surface area contributed by atoms with Crippen LogP contribution in [0.2, 0.25) is 0 Å². The van der Waals surface area contributed by atoms with Crippen LogP contribution >= 0.6 is 0 Å². The molecular formula is C17H15N7. The lowest BCUT2D eigenvalue weighted by molar-refractivity contribution is 1.05. The van der Waals surface area contributed by atoms with Gasteiger partial charge in [0.2, 0.25) is 0 Å². The van der Waals surface area contributed by atoms with Gasteiger partial charge in [-0.05, 0) is 30.5 Å². The molecule has 4 rings (SSSR count). The van der Waals surface area contributed by atoms with Gasteiger partial charge in [-0.3, -0.25) is 15.1 Å². The number of anilines is 4. The Balaban J connectivity index is 1.56. The van der Waals surface area contributed by atoms with Crippen molar-refractivity contribution in [1.29, 1.82) is 0 Å². The number of nitrogens with one attached hydrogen (secondary N) is 3. The van der Waals surface area contributed by atoms with Crippen LogP contribution < -0.4 is 10.6 Å². The lowest BCUT2D eigenvalue weighted by atomic mass is 10.1. The molecule has 1 aromatic carbocycles. The van der Waals surface area contributed by atoms with E-state index in [1.807, 2.05) is 43.5 Å². The number of benzene rings is 1. The number of nitrogens with zero attached hydrogens (tertiary/aromatic N) is 4. The monoisotopic (exact) mass is 317 g/mol. The second-order valence-electron chi connectivity index (χ2n) is 5.41. The Hall–Kier alpha value is -3.48. The second kappa shape index (κ2) is 5.96. The minimum Gasteiger partial charge on any atom is -0.339 e. The van der Waals surface area contributed by atoms with E-state index >= 15 is 0 Å². The van der Waals surface area contributed by atoms with Gasteiger partial charge in [0.1, 0.15) is 0 Å². The molecule has 0 aliphatic rings. The zero-order valence-corrected chi connectivity index (χ0v) is 13.0. The molecule has 7 nitrogen and oxygen atoms in total. The molecule has 3 aromatic heterocycles. The molecule has 0 aliphatic carbocycles. The highest BCUT2D eigenvalue weighted by Gasteiger charge is 2.03. The third-order valence-corrected chi connectivity index (χ3v) is 3.51. The first kappa shape index (κ1) is 14.1. The van der Waals surface area contributed by atoms with Gasteiger partial charge in [-0.2, -0.15) is 5.10 Å². The molecule has 0 bridgehead atoms. The fourth-order valence-electron chi connectivity index (χ4n) is 2.41. The van der Waals surface area contributed by atoms with Gasteiger partial charge >= 0.3 is 0 Å². The summed E-state index contributed by atoms with van der Waals surface area (Å²) in [6, 6.07) is 9.96. The molecule has 0 unspecified atom stereocenters. The number of hydrogen-bond acceptors (Lipinski definition) is 6. The molecule has 0 atom stereocenters. The molecule has 3 heterocycles. The zero-order valence-electron chi connectivity index (χ0n) is 13.0. The highest BCUT2D eigenvalue weighted by atomic mass is 15.2. The summed E-state index contributed by atoms with van der Waals surface area (Å²) in [6.45, 7) is 1.94. The van der Waals surface area contributed by atoms with Gasteiger partial charge in [0.15, 0.2) is 17.5 Å². The summed E-state index contributed by atoms with van der Waals surface area (Å²) in [6.07, 6.45) is 6.95. The van der Waals surface area contributed by atoms with Gasteiger partial charge in [-0.15, -0.1) is 0 Å². The van der Waals surface area contributed by atoms with Crippen LogP contribution in [-0.4, -0.2) is 25.1 Å². The lowest BCUT2D eigenvalue weighted by Gasteiger charge is -2.08. The van der Waals surface area contributed by atoms with Gasteiger partial charge in [0.25, 0.3) is 0 Å². The van der Waals surface area contributed by atoms with Crippen molar-refractivity contribution < 1.29 is 0 Å². The molecule has 0 saturated heterocycles. The van der Waals surface area contributed by atoms with Crippen molar-refractivity contribution in [3.63, 3.8) is 0 Å². The van der Waals surface area contributed by atoms with Gasteiger partial charge in [0.05, 0.1) is 12.4 Å². The molecule has 7 heteroatoms. The normalized spacial score (nSPS) is 10.7. The topological polar surface area (TPSA) is 91.4 Å². The number of aromatic nitrogens is 5. The van der Waals surface area contributed by atoms with Gasteiger partial charge in [-0.1, -0.05) is 6.07 Å². The van der Waals surface area contributed by atoms with Crippen molar-refractivity contribution in [2.24, 2.45) is 0 Å². The standard InChI is InChI=1S/C17H15N7/c1-11-6-15(24-23-11)21-17-10-19-9-16(22-17)20-14-3-2-12-4-5-18-8-13(12)7-14/h2-10H,1H3,(H3,20,21,22,23,24). The van der Waals surface area contributed by atoms with E-state index in [1.54, 1.807) is 18.6 Å². The number of hydrogen-bond donors (Lipinski definition) is 3. The maximum Gasteiger partial charge on any atom is 0.153 e. The Morgan fingerprint density at radius 3 is 2.54 bits per heavy atom. The largest absolute Gasteiger partial charge is 0.339 e. The first-order chi connectivity index (χ1) is 11.8. The average molecular weight is 317 g/mol. The minimum atomic E-state index is 0.619. The molecule has 0 amide bonds. The van der Waals surface area contributed by atoms with Gasteiger partial charge in [0, 0.05) is 35.2 Å². The summed E-state index contributed by atoms with van der Waals surface area (Å²) < 4.78 is 0. The molecule has 24 heavy (non-hydrogen) atoms. The van der Waals surface area contributed by atoms with Crippen molar-refractivity contribution in [1.82, 2.24) is 25.1 Å². The van der Waals surface area contributed by atoms with E-state index in [0.717, 1.165) is 22.2 Å². The highest BCUT2D eigenvalue weighted by molar-refractivity contribution is 5.85. The SMILES string of the molecule is Cc1cc(Nc2cncc(Nc3ccc4ccncc4c3)n2)n[nH]1. The van der Waals surface area contributed by atoms with Crippen molar-refractivity contribution in [2.45, 2.75) is 6.92 Å². The van der Waals surface area contributed by atoms with E-state index in [1.165, 1.54) is 0 Å². The highest BCUT2D eigenvalue weighted by Crippen LogP contribution is 2.21. The van der Waals surface area contributed by atoms with Gasteiger partial charge < -0.3 is 10.6 Å². The fourth-order valence-corrected chi connectivity index (χ4v) is 2.41. The van der Waals surface area contributed by atoms with E-state index < -0.39 is 0 Å². The summed E-state index contributed by atoms with van der Waals surface area (Å²) in [5.41, 5.74) is 1.90. The first-order valence-electron chi connectivity index (χ1n) is 7.48. The van der Waals surface area contributed by atoms with Crippen LogP contribution in [0.3, 0.4) is 0 Å². The van der Waals surface area contributed by atoms with Crippen LogP contribution in [0.25, 0.3) is 10.8 Å². The van der Waals surface area contributed by atoms with E-state index in [4.69, 9.17) is 0 Å². The number of pyridine rings is 1. The Labute approximate surface area is 138 Å². The Kier molecular flexibility index (Phi) is 3.51. The number of fused-ring (bicyclic) bond motifs is 1. The maximum atomic E-state index is 4.50. The molecule has 0 saturated carbocycles. The van der Waals surface area contributed by atoms with E-state index in [2.05, 4.69) is 35.8 Å². The molecule has 0 fully saturated rings. The Morgan fingerprint density at radius 1 is 0.833 bits per heavy atom. The molecule has 118 valence electrons. The van der Waals surface area contributed by atoms with Crippen molar-refractivity contribution >= 4 is 33.9 Å². The third kappa shape index (κ3) is 3.00. The first-order valence-corrected chi connectivity index (χ1v) is 7.48. The number of rotatable bonds is 4. The summed E-state index contributed by atoms with van der Waals surface area (Å²) in [7, 11) is 0. The molecule has 0 radical (unpaired) electrons. The Morgan fingerprint density at radius 2 is 1.71 bits per heavy atom. The van der Waals surface area contributed by atoms with Gasteiger partial charge in [-0.25, -0.2) is 4.98 Å². The zero-order chi connectivity index (χ0) is 16.4. The maximum absolute atomic E-state index is 4.50. The van der Waals surface area contributed by atoms with Crippen molar-refractivity contribution in [3.05, 3.63) is 60.8 Å². The fraction of sp³-hybridized carbons (Fsp3) is 0.0588. The van der Waals surface area contributed by atoms with Crippen LogP contribution in [0.15, 0.2) is 55.1 Å². The minimum absolute atomic E-state index is 0.619. The number of aromatic amines is 1. The summed E-state index contributed by atoms with van der Waals surface area (Å²) in [5, 5.41) is 15.6. The lowest BCUT2D eigenvalue weighted by Crippen LogP contribution is -1.99. The number of H-pyrrole nitrogens is 1. The number of aryl methyl sites for hydroxylation is 1. The van der Waals surface area contributed by atoms with E-state index in [-0.39, 0.29) is 0 Å². The summed E-state index contributed by atoms with van der Waals surface area (Å²) >= 11 is 0. The van der Waals surface area contributed by atoms with Crippen LogP contribution in [0.5, 0.6) is 0 Å². The summed E-state index contributed by atoms with van der Waals surface area (Å²) in [5.74, 6) is 1.97. The molecule has 0 aliphatic heterocycles. The van der Waals surface area contributed by atoms with Crippen molar-refractivity contribution in [2.75, 3.05) is 10.6 Å². The van der Waals surface area contributed by atoms with Crippen LogP contribution in [0.4, 0.5) is 23.1 Å².